The fourth-order valence-corrected chi connectivity index (χ4v) is 5.96. The molecule has 1 heterocycles. The molecule has 3 amide bonds. The number of hydrogen-bond donors (Lipinski definition) is 4. The standard InChI is InChI=1S/C34H30N4O6S2/c1-3-44-25-14-15-27-30(19-25)46-34(37-27)38-31(40)20-45-26-11-7-10-23(17-26)35-33(42)28(36-32(41)21-8-5-4-6-9-21)16-22-12-13-24(39)18-29(22)43-2/h4-19,39H,3,20H2,1-2H3,(H,35,42)(H,36,41)(H,37,38,40)/b28-16+. The van der Waals surface area contributed by atoms with Gasteiger partial charge in [-0.25, -0.2) is 4.98 Å². The molecule has 0 fully saturated rings. The summed E-state index contributed by atoms with van der Waals surface area (Å²) in [6.07, 6.45) is 1.47. The second-order valence-corrected chi connectivity index (χ2v) is 11.8. The van der Waals surface area contributed by atoms with E-state index in [1.807, 2.05) is 31.2 Å². The molecule has 0 saturated carbocycles. The minimum absolute atomic E-state index is 0.00694. The molecule has 0 bridgehead atoms. The predicted octanol–water partition coefficient (Wildman–Crippen LogP) is 6.55. The number of amides is 3. The van der Waals surface area contributed by atoms with Crippen molar-refractivity contribution in [1.82, 2.24) is 10.3 Å². The van der Waals surface area contributed by atoms with Crippen molar-refractivity contribution in [2.24, 2.45) is 0 Å². The first-order valence-corrected chi connectivity index (χ1v) is 15.9. The lowest BCUT2D eigenvalue weighted by atomic mass is 10.1. The zero-order valence-corrected chi connectivity index (χ0v) is 26.5. The number of phenolic OH excluding ortho intramolecular Hbond substituents is 1. The lowest BCUT2D eigenvalue weighted by Crippen LogP contribution is -2.30. The number of thioether (sulfide) groups is 1. The number of anilines is 2. The summed E-state index contributed by atoms with van der Waals surface area (Å²) in [5.74, 6) is -0.0955. The highest BCUT2D eigenvalue weighted by molar-refractivity contribution is 8.00. The van der Waals surface area contributed by atoms with Crippen molar-refractivity contribution < 1.29 is 29.0 Å². The highest BCUT2D eigenvalue weighted by atomic mass is 32.2. The molecule has 4 aromatic carbocycles. The molecule has 0 atom stereocenters. The molecule has 0 aliphatic carbocycles. The first kappa shape index (κ1) is 32.1. The number of carbonyl (C=O) groups is 3. The van der Waals surface area contributed by atoms with E-state index in [4.69, 9.17) is 9.47 Å². The number of aromatic hydroxyl groups is 1. The van der Waals surface area contributed by atoms with Crippen molar-refractivity contribution in [2.75, 3.05) is 30.1 Å². The molecule has 0 radical (unpaired) electrons. The summed E-state index contributed by atoms with van der Waals surface area (Å²) < 4.78 is 11.8. The Labute approximate surface area is 273 Å². The molecule has 0 saturated heterocycles. The Hall–Kier alpha value is -5.33. The Balaban J connectivity index is 1.26. The number of hydrogen-bond acceptors (Lipinski definition) is 9. The van der Waals surface area contributed by atoms with Gasteiger partial charge in [0.2, 0.25) is 5.91 Å². The van der Waals surface area contributed by atoms with Crippen LogP contribution in [0.2, 0.25) is 0 Å². The predicted molar refractivity (Wildman–Crippen MR) is 182 cm³/mol. The molecule has 12 heteroatoms. The first-order valence-electron chi connectivity index (χ1n) is 14.1. The van der Waals surface area contributed by atoms with Gasteiger partial charge < -0.3 is 30.5 Å². The third-order valence-electron chi connectivity index (χ3n) is 6.42. The largest absolute Gasteiger partial charge is 0.508 e. The van der Waals surface area contributed by atoms with Gasteiger partial charge in [0.1, 0.15) is 22.9 Å². The van der Waals surface area contributed by atoms with Crippen LogP contribution < -0.4 is 25.4 Å². The van der Waals surface area contributed by atoms with Crippen LogP contribution in [0.15, 0.2) is 102 Å². The molecule has 46 heavy (non-hydrogen) atoms. The van der Waals surface area contributed by atoms with E-state index in [2.05, 4.69) is 20.9 Å². The van der Waals surface area contributed by atoms with Gasteiger partial charge in [-0.15, -0.1) is 11.8 Å². The maximum atomic E-state index is 13.5. The Kier molecular flexibility index (Phi) is 10.5. The molecule has 234 valence electrons. The van der Waals surface area contributed by atoms with E-state index in [0.29, 0.717) is 34.3 Å². The van der Waals surface area contributed by atoms with Crippen molar-refractivity contribution in [3.05, 3.63) is 108 Å². The lowest BCUT2D eigenvalue weighted by Gasteiger charge is -2.13. The molecular formula is C34H30N4O6S2. The van der Waals surface area contributed by atoms with Gasteiger partial charge in [-0.1, -0.05) is 35.6 Å². The Morgan fingerprint density at radius 3 is 2.57 bits per heavy atom. The van der Waals surface area contributed by atoms with Crippen LogP contribution in [0.5, 0.6) is 17.2 Å². The Bertz CT molecular complexity index is 1910. The second-order valence-electron chi connectivity index (χ2n) is 9.70. The van der Waals surface area contributed by atoms with Gasteiger partial charge >= 0.3 is 0 Å². The maximum Gasteiger partial charge on any atom is 0.272 e. The summed E-state index contributed by atoms with van der Waals surface area (Å²) in [5, 5.41) is 18.7. The average molecular weight is 655 g/mol. The van der Waals surface area contributed by atoms with Crippen LogP contribution >= 0.6 is 23.1 Å². The van der Waals surface area contributed by atoms with Crippen molar-refractivity contribution >= 4 is 67.9 Å². The van der Waals surface area contributed by atoms with Gasteiger partial charge in [0.15, 0.2) is 5.13 Å². The highest BCUT2D eigenvalue weighted by Crippen LogP contribution is 2.30. The molecule has 5 rings (SSSR count). The number of thiazole rings is 1. The van der Waals surface area contributed by atoms with Crippen LogP contribution in [0.1, 0.15) is 22.8 Å². The van der Waals surface area contributed by atoms with Crippen LogP contribution in [0.3, 0.4) is 0 Å². The number of ether oxygens (including phenoxy) is 2. The van der Waals surface area contributed by atoms with Gasteiger partial charge in [0.25, 0.3) is 11.8 Å². The number of nitrogens with one attached hydrogen (secondary N) is 3. The molecule has 0 unspecified atom stereocenters. The van der Waals surface area contributed by atoms with E-state index in [1.54, 1.807) is 54.6 Å². The van der Waals surface area contributed by atoms with E-state index >= 15 is 0 Å². The Morgan fingerprint density at radius 2 is 1.78 bits per heavy atom. The van der Waals surface area contributed by atoms with Crippen LogP contribution in [-0.2, 0) is 9.59 Å². The number of fused-ring (bicyclic) bond motifs is 1. The number of aromatic nitrogens is 1. The van der Waals surface area contributed by atoms with Crippen molar-refractivity contribution in [3.8, 4) is 17.2 Å². The fraction of sp³-hybridized carbons (Fsp3) is 0.118. The minimum atomic E-state index is -0.581. The minimum Gasteiger partial charge on any atom is -0.508 e. The molecular weight excluding hydrogens is 625 g/mol. The number of benzene rings is 4. The fourth-order valence-electron chi connectivity index (χ4n) is 4.30. The van der Waals surface area contributed by atoms with E-state index in [9.17, 15) is 19.5 Å². The Morgan fingerprint density at radius 1 is 0.957 bits per heavy atom. The number of carbonyl (C=O) groups excluding carboxylic acids is 3. The van der Waals surface area contributed by atoms with Crippen molar-refractivity contribution in [1.29, 1.82) is 0 Å². The third-order valence-corrected chi connectivity index (χ3v) is 8.35. The highest BCUT2D eigenvalue weighted by Gasteiger charge is 2.17. The van der Waals surface area contributed by atoms with Gasteiger partial charge in [-0.05, 0) is 73.7 Å². The monoisotopic (exact) mass is 654 g/mol. The number of methoxy groups -OCH3 is 1. The summed E-state index contributed by atoms with van der Waals surface area (Å²) >= 11 is 2.67. The number of phenols is 1. The summed E-state index contributed by atoms with van der Waals surface area (Å²) in [6.45, 7) is 2.48. The zero-order valence-electron chi connectivity index (χ0n) is 24.9. The van der Waals surface area contributed by atoms with Crippen LogP contribution in [-0.4, -0.2) is 47.3 Å². The van der Waals surface area contributed by atoms with Crippen LogP contribution in [0.4, 0.5) is 10.8 Å². The van der Waals surface area contributed by atoms with Crippen molar-refractivity contribution in [3.63, 3.8) is 0 Å². The molecule has 0 aliphatic rings. The molecule has 10 nitrogen and oxygen atoms in total. The molecule has 0 spiro atoms. The average Bonchev–Trinajstić information content (AvgIpc) is 3.46. The number of nitrogens with zero attached hydrogens (tertiary/aromatic N) is 1. The van der Waals surface area contributed by atoms with E-state index in [0.717, 1.165) is 20.9 Å². The van der Waals surface area contributed by atoms with E-state index in [-0.39, 0.29) is 23.1 Å². The molecule has 1 aromatic heterocycles. The summed E-state index contributed by atoms with van der Waals surface area (Å²) in [5.41, 5.74) is 2.04. The van der Waals surface area contributed by atoms with Crippen molar-refractivity contribution in [2.45, 2.75) is 11.8 Å². The summed E-state index contributed by atoms with van der Waals surface area (Å²) in [7, 11) is 1.44. The third kappa shape index (κ3) is 8.43. The molecule has 5 aromatic rings. The lowest BCUT2D eigenvalue weighted by molar-refractivity contribution is -0.114. The smallest absolute Gasteiger partial charge is 0.272 e. The number of rotatable bonds is 12. The molecule has 0 aliphatic heterocycles. The van der Waals surface area contributed by atoms with Crippen LogP contribution in [0.25, 0.3) is 16.3 Å². The quantitative estimate of drug-likeness (QED) is 0.0878. The van der Waals surface area contributed by atoms with Gasteiger partial charge in [0.05, 0.1) is 29.7 Å². The van der Waals surface area contributed by atoms with Gasteiger partial charge in [0, 0.05) is 27.8 Å². The van der Waals surface area contributed by atoms with Gasteiger partial charge in [-0.3, -0.25) is 14.4 Å². The molecule has 4 N–H and O–H groups in total. The normalized spacial score (nSPS) is 11.1. The van der Waals surface area contributed by atoms with Crippen LogP contribution in [0, 0.1) is 0 Å². The zero-order chi connectivity index (χ0) is 32.5. The van der Waals surface area contributed by atoms with E-state index in [1.165, 1.54) is 48.4 Å². The SMILES string of the molecule is CCOc1ccc2nc(NC(=O)CSc3cccc(NC(=O)/C(=C\c4ccc(O)cc4OC)NC(=O)c4ccccc4)c3)sc2c1. The second kappa shape index (κ2) is 15.1. The summed E-state index contributed by atoms with van der Waals surface area (Å²) in [6, 6.07) is 25.6. The first-order chi connectivity index (χ1) is 22.3. The maximum absolute atomic E-state index is 13.5. The van der Waals surface area contributed by atoms with E-state index < -0.39 is 11.8 Å². The summed E-state index contributed by atoms with van der Waals surface area (Å²) in [4.78, 5) is 44.4. The van der Waals surface area contributed by atoms with Gasteiger partial charge in [-0.2, -0.15) is 0 Å². The topological polar surface area (TPSA) is 139 Å².